The molecule has 0 aliphatic carbocycles. The quantitative estimate of drug-likeness (QED) is 0.651. The van der Waals surface area contributed by atoms with Gasteiger partial charge in [0, 0.05) is 26.1 Å². The minimum Gasteiger partial charge on any atom is -0.380 e. The number of nitrogens with zero attached hydrogens (tertiary/aromatic N) is 1. The minimum atomic E-state index is 0.441. The van der Waals surface area contributed by atoms with Crippen molar-refractivity contribution in [3.63, 3.8) is 0 Å². The lowest BCUT2D eigenvalue weighted by molar-refractivity contribution is 0.0277. The number of hydrogen-bond acceptors (Lipinski definition) is 2. The first-order valence-corrected chi connectivity index (χ1v) is 5.60. The van der Waals surface area contributed by atoms with Crippen LogP contribution in [0.3, 0.4) is 0 Å². The molecule has 0 spiro atoms. The molecule has 0 radical (unpaired) electrons. The van der Waals surface area contributed by atoms with E-state index in [1.54, 1.807) is 7.11 Å². The van der Waals surface area contributed by atoms with E-state index in [1.807, 2.05) is 0 Å². The highest BCUT2D eigenvalue weighted by molar-refractivity contribution is 6.18. The van der Waals surface area contributed by atoms with Crippen LogP contribution in [-0.2, 0) is 4.74 Å². The first kappa shape index (κ1) is 11.3. The Hall–Kier alpha value is 0.210. The Morgan fingerprint density at radius 3 is 3.00 bits per heavy atom. The maximum atomic E-state index is 5.78. The zero-order valence-electron chi connectivity index (χ0n) is 8.63. The van der Waals surface area contributed by atoms with Crippen LogP contribution in [0.5, 0.6) is 0 Å². The van der Waals surface area contributed by atoms with Gasteiger partial charge in [-0.3, -0.25) is 0 Å². The Morgan fingerprint density at radius 2 is 2.38 bits per heavy atom. The maximum absolute atomic E-state index is 5.78. The fourth-order valence-corrected chi connectivity index (χ4v) is 1.96. The molecule has 1 fully saturated rings. The van der Waals surface area contributed by atoms with Gasteiger partial charge in [-0.05, 0) is 25.3 Å². The van der Waals surface area contributed by atoms with Crippen LogP contribution in [0, 0.1) is 5.92 Å². The van der Waals surface area contributed by atoms with Gasteiger partial charge in [0.15, 0.2) is 0 Å². The average Bonchev–Trinajstić information content (AvgIpc) is 2.18. The Labute approximate surface area is 86.2 Å². The molecular weight excluding hydrogens is 186 g/mol. The molecule has 0 aromatic carbocycles. The third-order valence-corrected chi connectivity index (χ3v) is 3.16. The van der Waals surface area contributed by atoms with E-state index >= 15 is 0 Å². The molecule has 78 valence electrons. The van der Waals surface area contributed by atoms with Gasteiger partial charge in [-0.2, -0.15) is 0 Å². The van der Waals surface area contributed by atoms with Gasteiger partial charge in [0.25, 0.3) is 0 Å². The van der Waals surface area contributed by atoms with Crippen LogP contribution in [0.15, 0.2) is 0 Å². The highest BCUT2D eigenvalue weighted by atomic mass is 35.5. The number of rotatable bonds is 4. The third-order valence-electron chi connectivity index (χ3n) is 2.63. The highest BCUT2D eigenvalue weighted by Gasteiger charge is 2.20. The predicted octanol–water partition coefficient (Wildman–Crippen LogP) is 1.97. The van der Waals surface area contributed by atoms with Crippen LogP contribution >= 0.6 is 11.6 Å². The van der Waals surface area contributed by atoms with Crippen LogP contribution in [0.25, 0.3) is 0 Å². The largest absolute Gasteiger partial charge is 0.380 e. The van der Waals surface area contributed by atoms with E-state index in [9.17, 15) is 0 Å². The summed E-state index contributed by atoms with van der Waals surface area (Å²) in [5.41, 5.74) is 0. The van der Waals surface area contributed by atoms with Gasteiger partial charge in [-0.1, -0.05) is 6.92 Å². The van der Waals surface area contributed by atoms with E-state index in [2.05, 4.69) is 11.8 Å². The number of piperidine rings is 1. The summed E-state index contributed by atoms with van der Waals surface area (Å²) in [5, 5.41) is 0. The summed E-state index contributed by atoms with van der Waals surface area (Å²) in [6.45, 7) is 5.60. The van der Waals surface area contributed by atoms with E-state index in [0.29, 0.717) is 12.0 Å². The Morgan fingerprint density at radius 1 is 1.62 bits per heavy atom. The first-order chi connectivity index (χ1) is 6.26. The van der Waals surface area contributed by atoms with Gasteiger partial charge in [-0.15, -0.1) is 11.6 Å². The van der Waals surface area contributed by atoms with Crippen LogP contribution in [0.4, 0.5) is 0 Å². The number of methoxy groups -OCH3 is 1. The summed E-state index contributed by atoms with van der Waals surface area (Å²) in [6.07, 6.45) is 2.91. The van der Waals surface area contributed by atoms with E-state index in [4.69, 9.17) is 16.3 Å². The monoisotopic (exact) mass is 205 g/mol. The molecule has 1 saturated heterocycles. The van der Waals surface area contributed by atoms with Crippen molar-refractivity contribution in [1.82, 2.24) is 4.90 Å². The topological polar surface area (TPSA) is 12.5 Å². The lowest BCUT2D eigenvalue weighted by atomic mass is 10.1. The molecule has 0 N–H and O–H groups in total. The molecular formula is C10H20ClNO. The van der Waals surface area contributed by atoms with Gasteiger partial charge < -0.3 is 9.64 Å². The molecule has 1 aliphatic rings. The normalized spacial score (nSPS) is 27.5. The second-order valence-corrected chi connectivity index (χ2v) is 4.33. The standard InChI is InChI=1S/C10H20ClNO/c1-9(6-11)7-12-5-3-4-10(8-12)13-2/h9-10H,3-8H2,1-2H3. The first-order valence-electron chi connectivity index (χ1n) is 5.07. The van der Waals surface area contributed by atoms with Gasteiger partial charge in [-0.25, -0.2) is 0 Å². The maximum Gasteiger partial charge on any atom is 0.0698 e. The van der Waals surface area contributed by atoms with Crippen molar-refractivity contribution in [2.75, 3.05) is 32.6 Å². The minimum absolute atomic E-state index is 0.441. The molecule has 13 heavy (non-hydrogen) atoms. The predicted molar refractivity (Wildman–Crippen MR) is 56.4 cm³/mol. The molecule has 1 heterocycles. The zero-order chi connectivity index (χ0) is 9.68. The second-order valence-electron chi connectivity index (χ2n) is 4.02. The molecule has 1 aliphatic heterocycles. The number of alkyl halides is 1. The fourth-order valence-electron chi connectivity index (χ4n) is 1.86. The van der Waals surface area contributed by atoms with E-state index in [0.717, 1.165) is 19.0 Å². The molecule has 2 unspecified atom stereocenters. The van der Waals surface area contributed by atoms with Gasteiger partial charge in [0.2, 0.25) is 0 Å². The van der Waals surface area contributed by atoms with E-state index in [1.165, 1.54) is 19.4 Å². The molecule has 0 amide bonds. The summed E-state index contributed by atoms with van der Waals surface area (Å²) < 4.78 is 5.36. The van der Waals surface area contributed by atoms with Gasteiger partial charge in [0.1, 0.15) is 0 Å². The molecule has 0 aromatic heterocycles. The molecule has 0 bridgehead atoms. The third kappa shape index (κ3) is 3.84. The fraction of sp³-hybridized carbons (Fsp3) is 1.00. The summed E-state index contributed by atoms with van der Waals surface area (Å²) in [4.78, 5) is 2.46. The van der Waals surface area contributed by atoms with Crippen molar-refractivity contribution >= 4 is 11.6 Å². The SMILES string of the molecule is COC1CCCN(CC(C)CCl)C1. The lowest BCUT2D eigenvalue weighted by Crippen LogP contribution is -2.41. The van der Waals surface area contributed by atoms with Crippen molar-refractivity contribution in [3.05, 3.63) is 0 Å². The number of likely N-dealkylation sites (tertiary alicyclic amines) is 1. The van der Waals surface area contributed by atoms with Crippen molar-refractivity contribution in [2.45, 2.75) is 25.9 Å². The average molecular weight is 206 g/mol. The summed E-state index contributed by atoms with van der Waals surface area (Å²) in [7, 11) is 1.80. The van der Waals surface area contributed by atoms with Crippen molar-refractivity contribution < 1.29 is 4.74 Å². The molecule has 0 aromatic rings. The van der Waals surface area contributed by atoms with Crippen molar-refractivity contribution in [3.8, 4) is 0 Å². The van der Waals surface area contributed by atoms with Crippen LogP contribution < -0.4 is 0 Å². The summed E-state index contributed by atoms with van der Waals surface area (Å²) in [5.74, 6) is 1.35. The summed E-state index contributed by atoms with van der Waals surface area (Å²) >= 11 is 5.78. The molecule has 2 atom stereocenters. The Balaban J connectivity index is 2.25. The highest BCUT2D eigenvalue weighted by Crippen LogP contribution is 2.14. The van der Waals surface area contributed by atoms with Crippen molar-refractivity contribution in [1.29, 1.82) is 0 Å². The van der Waals surface area contributed by atoms with Crippen molar-refractivity contribution in [2.24, 2.45) is 5.92 Å². The van der Waals surface area contributed by atoms with Crippen LogP contribution in [0.1, 0.15) is 19.8 Å². The number of halogens is 1. The van der Waals surface area contributed by atoms with Crippen LogP contribution in [0.2, 0.25) is 0 Å². The summed E-state index contributed by atoms with van der Waals surface area (Å²) in [6, 6.07) is 0. The van der Waals surface area contributed by atoms with Gasteiger partial charge >= 0.3 is 0 Å². The second kappa shape index (κ2) is 5.84. The van der Waals surface area contributed by atoms with E-state index < -0.39 is 0 Å². The number of ether oxygens (including phenoxy) is 1. The molecule has 1 rings (SSSR count). The molecule has 0 saturated carbocycles. The Bertz CT molecular complexity index is 141. The lowest BCUT2D eigenvalue weighted by Gasteiger charge is -2.33. The van der Waals surface area contributed by atoms with E-state index in [-0.39, 0.29) is 0 Å². The van der Waals surface area contributed by atoms with Gasteiger partial charge in [0.05, 0.1) is 6.10 Å². The Kier molecular flexibility index (Phi) is 5.07. The molecule has 2 nitrogen and oxygen atoms in total. The zero-order valence-corrected chi connectivity index (χ0v) is 9.39. The molecule has 3 heteroatoms. The van der Waals surface area contributed by atoms with Crippen LogP contribution in [-0.4, -0.2) is 43.6 Å². The number of hydrogen-bond donors (Lipinski definition) is 0. The smallest absolute Gasteiger partial charge is 0.0698 e.